The van der Waals surface area contributed by atoms with Gasteiger partial charge in [-0.25, -0.2) is 4.98 Å². The molecular weight excluding hydrogens is 355 g/mol. The number of hydrogen-bond donors (Lipinski definition) is 1. The molecule has 28 heavy (non-hydrogen) atoms. The molecule has 1 unspecified atom stereocenters. The van der Waals surface area contributed by atoms with E-state index in [1.165, 1.54) is 11.6 Å². The van der Waals surface area contributed by atoms with Gasteiger partial charge in [-0.1, -0.05) is 6.07 Å². The van der Waals surface area contributed by atoms with Crippen molar-refractivity contribution in [1.82, 2.24) is 14.9 Å². The number of nitriles is 1. The number of aromatic nitrogens is 2. The van der Waals surface area contributed by atoms with Crippen molar-refractivity contribution in [1.29, 1.82) is 5.26 Å². The largest absolute Gasteiger partial charge is 0.352 e. The van der Waals surface area contributed by atoms with E-state index in [9.17, 15) is 14.4 Å². The van der Waals surface area contributed by atoms with E-state index in [0.717, 1.165) is 42.3 Å². The fourth-order valence-corrected chi connectivity index (χ4v) is 4.21. The molecule has 5 nitrogen and oxygen atoms in total. The Morgan fingerprint density at radius 1 is 1.29 bits per heavy atom. The maximum absolute atomic E-state index is 13.6. The number of carbonyl (C=O) groups is 1. The number of carbonyl (C=O) groups excluding carboxylic acids is 1. The second-order valence-electron chi connectivity index (χ2n) is 7.69. The molecule has 6 heteroatoms. The molecule has 1 atom stereocenters. The summed E-state index contributed by atoms with van der Waals surface area (Å²) in [5.41, 5.74) is 4.58. The van der Waals surface area contributed by atoms with Gasteiger partial charge in [0.05, 0.1) is 23.9 Å². The second-order valence-corrected chi connectivity index (χ2v) is 7.69. The Kier molecular flexibility index (Phi) is 3.90. The molecule has 0 bridgehead atoms. The number of hydrogen-bond acceptors (Lipinski definition) is 3. The Morgan fingerprint density at radius 2 is 2.14 bits per heavy atom. The molecule has 0 aliphatic heterocycles. The van der Waals surface area contributed by atoms with Gasteiger partial charge in [0.2, 0.25) is 11.9 Å². The zero-order valence-corrected chi connectivity index (χ0v) is 15.3. The fourth-order valence-electron chi connectivity index (χ4n) is 4.21. The number of nitrogens with zero attached hydrogens (tertiary/aromatic N) is 3. The number of nitrogens with one attached hydrogen (secondary N) is 1. The number of rotatable bonds is 4. The van der Waals surface area contributed by atoms with Gasteiger partial charge in [-0.3, -0.25) is 4.79 Å². The molecule has 1 saturated carbocycles. The second kappa shape index (κ2) is 6.45. The topological polar surface area (TPSA) is 70.7 Å². The van der Waals surface area contributed by atoms with E-state index in [-0.39, 0.29) is 17.9 Å². The Hall–Kier alpha value is -3.20. The Balaban J connectivity index is 1.54. The van der Waals surface area contributed by atoms with Crippen LogP contribution in [0.2, 0.25) is 0 Å². The third-order valence-corrected chi connectivity index (χ3v) is 5.69. The lowest BCUT2D eigenvalue weighted by molar-refractivity contribution is -0.122. The normalized spacial score (nSPS) is 18.1. The van der Waals surface area contributed by atoms with Gasteiger partial charge in [0, 0.05) is 35.0 Å². The van der Waals surface area contributed by atoms with Gasteiger partial charge in [0.25, 0.3) is 0 Å². The molecule has 5 rings (SSSR count). The van der Waals surface area contributed by atoms with Gasteiger partial charge in [-0.15, -0.1) is 0 Å². The number of amides is 1. The van der Waals surface area contributed by atoms with Crippen molar-refractivity contribution in [3.63, 3.8) is 0 Å². The molecule has 140 valence electrons. The van der Waals surface area contributed by atoms with Crippen LogP contribution in [0.1, 0.15) is 35.4 Å². The zero-order chi connectivity index (χ0) is 19.3. The first-order valence-electron chi connectivity index (χ1n) is 9.58. The molecule has 1 N–H and O–H groups in total. The summed E-state index contributed by atoms with van der Waals surface area (Å²) in [6.07, 6.45) is 3.46. The van der Waals surface area contributed by atoms with E-state index >= 15 is 0 Å². The van der Waals surface area contributed by atoms with Crippen molar-refractivity contribution in [3.05, 3.63) is 64.9 Å². The van der Waals surface area contributed by atoms with Crippen LogP contribution in [0.5, 0.6) is 0 Å². The smallest absolute Gasteiger partial charge is 0.223 e. The van der Waals surface area contributed by atoms with Crippen LogP contribution in [-0.2, 0) is 24.2 Å². The summed E-state index contributed by atoms with van der Waals surface area (Å²) in [7, 11) is 0. The quantitative estimate of drug-likeness (QED) is 0.714. The molecular formula is C22H19FN4O. The summed E-state index contributed by atoms with van der Waals surface area (Å²) in [6, 6.07) is 12.7. The minimum Gasteiger partial charge on any atom is -0.352 e. The Labute approximate surface area is 161 Å². The third-order valence-electron chi connectivity index (χ3n) is 5.69. The van der Waals surface area contributed by atoms with Crippen LogP contribution < -0.4 is 5.32 Å². The van der Waals surface area contributed by atoms with E-state index < -0.39 is 5.95 Å². The monoisotopic (exact) mass is 374 g/mol. The first-order valence-corrected chi connectivity index (χ1v) is 9.58. The van der Waals surface area contributed by atoms with Gasteiger partial charge < -0.3 is 9.88 Å². The van der Waals surface area contributed by atoms with Crippen molar-refractivity contribution >= 4 is 16.8 Å². The van der Waals surface area contributed by atoms with Crippen LogP contribution >= 0.6 is 0 Å². The van der Waals surface area contributed by atoms with E-state index in [4.69, 9.17) is 0 Å². The van der Waals surface area contributed by atoms with Crippen molar-refractivity contribution in [3.8, 4) is 6.07 Å². The van der Waals surface area contributed by atoms with E-state index in [2.05, 4.69) is 20.9 Å². The number of pyridine rings is 1. The van der Waals surface area contributed by atoms with Gasteiger partial charge in [0.1, 0.15) is 0 Å². The Bertz CT molecular complexity index is 1140. The highest BCUT2D eigenvalue weighted by Crippen LogP contribution is 2.35. The van der Waals surface area contributed by atoms with Crippen molar-refractivity contribution in [2.24, 2.45) is 5.92 Å². The number of halogens is 1. The lowest BCUT2D eigenvalue weighted by Gasteiger charge is -2.14. The van der Waals surface area contributed by atoms with Gasteiger partial charge in [-0.05, 0) is 55.2 Å². The predicted molar refractivity (Wildman–Crippen MR) is 102 cm³/mol. The molecule has 1 fully saturated rings. The fraction of sp³-hybridized carbons (Fsp3) is 0.318. The van der Waals surface area contributed by atoms with E-state index in [1.54, 1.807) is 12.1 Å². The summed E-state index contributed by atoms with van der Waals surface area (Å²) in [5.74, 6) is -0.164. The first kappa shape index (κ1) is 16.9. The van der Waals surface area contributed by atoms with Crippen LogP contribution in [0.3, 0.4) is 0 Å². The summed E-state index contributed by atoms with van der Waals surface area (Å²) >= 11 is 0. The summed E-state index contributed by atoms with van der Waals surface area (Å²) in [5, 5.41) is 13.5. The molecule has 0 spiro atoms. The molecule has 1 aromatic carbocycles. The third kappa shape index (κ3) is 2.93. The van der Waals surface area contributed by atoms with Crippen molar-refractivity contribution < 1.29 is 9.18 Å². The number of fused-ring (bicyclic) bond motifs is 3. The molecule has 2 heterocycles. The predicted octanol–water partition coefficient (Wildman–Crippen LogP) is 3.09. The Morgan fingerprint density at radius 3 is 2.89 bits per heavy atom. The lowest BCUT2D eigenvalue weighted by Crippen LogP contribution is -2.36. The maximum Gasteiger partial charge on any atom is 0.223 e. The standard InChI is InChI=1S/C22H19FN4O/c23-21-3-1-2-15(25-21)12-27-19-7-4-13(11-24)8-17(19)18-9-16(10-20(18)27)26-22(28)14-5-6-14/h1-4,7-8,14,16H,5-6,9-10,12H2,(H,26,28). The van der Waals surface area contributed by atoms with E-state index in [0.29, 0.717) is 17.8 Å². The molecule has 1 amide bonds. The van der Waals surface area contributed by atoms with Crippen LogP contribution in [0.25, 0.3) is 10.9 Å². The van der Waals surface area contributed by atoms with E-state index in [1.807, 2.05) is 18.2 Å². The molecule has 3 aromatic rings. The van der Waals surface area contributed by atoms with Gasteiger partial charge >= 0.3 is 0 Å². The van der Waals surface area contributed by atoms with Crippen molar-refractivity contribution in [2.45, 2.75) is 38.3 Å². The minimum atomic E-state index is -0.494. The van der Waals surface area contributed by atoms with Crippen LogP contribution in [-0.4, -0.2) is 21.5 Å². The summed E-state index contributed by atoms with van der Waals surface area (Å²) in [6.45, 7) is 0.457. The molecule has 0 radical (unpaired) electrons. The highest BCUT2D eigenvalue weighted by atomic mass is 19.1. The SMILES string of the molecule is N#Cc1ccc2c(c1)c1c(n2Cc2cccc(F)n2)CC(NC(=O)C2CC2)C1. The van der Waals surface area contributed by atoms with Crippen LogP contribution in [0.4, 0.5) is 4.39 Å². The number of benzene rings is 1. The average Bonchev–Trinajstić information content (AvgIpc) is 3.41. The van der Waals surface area contributed by atoms with Crippen LogP contribution in [0.15, 0.2) is 36.4 Å². The molecule has 2 aliphatic carbocycles. The highest BCUT2D eigenvalue weighted by molar-refractivity contribution is 5.88. The molecule has 0 saturated heterocycles. The van der Waals surface area contributed by atoms with Gasteiger partial charge in [0.15, 0.2) is 0 Å². The first-order chi connectivity index (χ1) is 13.6. The minimum absolute atomic E-state index is 0.0694. The lowest BCUT2D eigenvalue weighted by atomic mass is 10.1. The summed E-state index contributed by atoms with van der Waals surface area (Å²) in [4.78, 5) is 16.2. The zero-order valence-electron chi connectivity index (χ0n) is 15.3. The van der Waals surface area contributed by atoms with Gasteiger partial charge in [-0.2, -0.15) is 9.65 Å². The highest BCUT2D eigenvalue weighted by Gasteiger charge is 2.34. The molecule has 2 aliphatic rings. The van der Waals surface area contributed by atoms with Crippen LogP contribution in [0, 0.1) is 23.2 Å². The maximum atomic E-state index is 13.6. The molecule has 2 aromatic heterocycles. The summed E-state index contributed by atoms with van der Waals surface area (Å²) < 4.78 is 15.7. The van der Waals surface area contributed by atoms with Crippen molar-refractivity contribution in [2.75, 3.05) is 0 Å². The average molecular weight is 374 g/mol.